The van der Waals surface area contributed by atoms with Gasteiger partial charge in [-0.3, -0.25) is 9.59 Å². The van der Waals surface area contributed by atoms with Gasteiger partial charge in [-0.1, -0.05) is 17.2 Å². The Bertz CT molecular complexity index is 1290. The number of oxime groups is 1. The van der Waals surface area contributed by atoms with Crippen molar-refractivity contribution < 1.29 is 37.6 Å². The molecule has 3 rings (SSSR count). The third-order valence-corrected chi connectivity index (χ3v) is 4.87. The minimum atomic E-state index is -0.676. The number of amides is 1. The van der Waals surface area contributed by atoms with Crippen molar-refractivity contribution in [1.29, 1.82) is 0 Å². The number of ether oxygens (including phenoxy) is 2. The van der Waals surface area contributed by atoms with Crippen LogP contribution in [0.2, 0.25) is 0 Å². The molecule has 1 amide bonds. The average molecular weight is 512 g/mol. The molecule has 0 aliphatic heterocycles. The largest absolute Gasteiger partial charge is 0.487 e. The Morgan fingerprint density at radius 3 is 2.49 bits per heavy atom. The maximum Gasteiger partial charge on any atom is 0.338 e. The quantitative estimate of drug-likeness (QED) is 0.168. The predicted octanol–water partition coefficient (Wildman–Crippen LogP) is 3.80. The van der Waals surface area contributed by atoms with Gasteiger partial charge >= 0.3 is 5.97 Å². The summed E-state index contributed by atoms with van der Waals surface area (Å²) < 4.78 is 29.3. The summed E-state index contributed by atoms with van der Waals surface area (Å²) >= 11 is 0. The lowest BCUT2D eigenvalue weighted by molar-refractivity contribution is -0.116. The van der Waals surface area contributed by atoms with Crippen molar-refractivity contribution in [1.82, 2.24) is 10.5 Å². The summed E-state index contributed by atoms with van der Waals surface area (Å²) in [7, 11) is 1.21. The highest BCUT2D eigenvalue weighted by Gasteiger charge is 2.18. The molecule has 0 fully saturated rings. The summed E-state index contributed by atoms with van der Waals surface area (Å²) in [6.07, 6.45) is 0.717. The number of benzene rings is 2. The monoisotopic (exact) mass is 511 g/mol. The van der Waals surface area contributed by atoms with E-state index in [1.807, 2.05) is 6.92 Å². The van der Waals surface area contributed by atoms with Crippen molar-refractivity contribution in [2.45, 2.75) is 20.3 Å². The van der Waals surface area contributed by atoms with Gasteiger partial charge in [-0.15, -0.1) is 0 Å². The molecule has 0 spiro atoms. The zero-order valence-electron chi connectivity index (χ0n) is 20.6. The molecule has 1 aromatic heterocycles. The van der Waals surface area contributed by atoms with Gasteiger partial charge in [0.05, 0.1) is 19.2 Å². The predicted molar refractivity (Wildman–Crippen MR) is 131 cm³/mol. The standard InChI is InChI=1S/C26H26FN3O7/c1-4-9-36-29-23(24-13-22(30-37-24)17-5-7-20(27)8-6-17)15-35-21-11-18(25(32)28-14-16(2)31)10-19(12-21)26(33)34-3/h5-8,10-13H,4,9,14-15H2,1-3H3,(H,28,32). The molecule has 2 aromatic carbocycles. The number of carbonyl (C=O) groups is 3. The van der Waals surface area contributed by atoms with Gasteiger partial charge < -0.3 is 24.2 Å². The van der Waals surface area contributed by atoms with E-state index in [9.17, 15) is 18.8 Å². The van der Waals surface area contributed by atoms with Crippen molar-refractivity contribution in [2.24, 2.45) is 5.16 Å². The fraction of sp³-hybridized carbons (Fsp3) is 0.269. The lowest BCUT2D eigenvalue weighted by Crippen LogP contribution is -2.28. The number of esters is 1. The van der Waals surface area contributed by atoms with Crippen LogP contribution in [0.1, 0.15) is 46.7 Å². The molecule has 0 unspecified atom stereocenters. The van der Waals surface area contributed by atoms with E-state index in [0.29, 0.717) is 17.9 Å². The normalized spacial score (nSPS) is 11.1. The fourth-order valence-electron chi connectivity index (χ4n) is 3.03. The highest BCUT2D eigenvalue weighted by Crippen LogP contribution is 2.22. The number of hydrogen-bond acceptors (Lipinski definition) is 9. The zero-order chi connectivity index (χ0) is 26.8. The molecule has 194 valence electrons. The van der Waals surface area contributed by atoms with Crippen molar-refractivity contribution in [3.05, 3.63) is 71.2 Å². The number of aromatic nitrogens is 1. The van der Waals surface area contributed by atoms with Gasteiger partial charge in [0.1, 0.15) is 36.3 Å². The number of halogens is 1. The van der Waals surface area contributed by atoms with E-state index in [0.717, 1.165) is 6.42 Å². The summed E-state index contributed by atoms with van der Waals surface area (Å²) in [5.41, 5.74) is 1.51. The highest BCUT2D eigenvalue weighted by atomic mass is 19.1. The summed E-state index contributed by atoms with van der Waals surface area (Å²) in [6.45, 7) is 3.28. The molecule has 0 atom stereocenters. The molecule has 3 aromatic rings. The minimum absolute atomic E-state index is 0.0759. The number of rotatable bonds is 12. The molecule has 11 heteroatoms. The Labute approximate surface area is 212 Å². The van der Waals surface area contributed by atoms with E-state index in [2.05, 4.69) is 15.6 Å². The summed E-state index contributed by atoms with van der Waals surface area (Å²) in [5, 5.41) is 10.6. The maximum absolute atomic E-state index is 13.3. The van der Waals surface area contributed by atoms with Crippen LogP contribution in [0.3, 0.4) is 0 Å². The van der Waals surface area contributed by atoms with E-state index in [-0.39, 0.29) is 53.1 Å². The lowest BCUT2D eigenvalue weighted by Gasteiger charge is -2.11. The van der Waals surface area contributed by atoms with E-state index in [1.165, 1.54) is 44.4 Å². The van der Waals surface area contributed by atoms with E-state index in [4.69, 9.17) is 18.8 Å². The van der Waals surface area contributed by atoms with E-state index >= 15 is 0 Å². The van der Waals surface area contributed by atoms with Gasteiger partial charge in [0.2, 0.25) is 0 Å². The number of hydrogen-bond donors (Lipinski definition) is 1. The first-order valence-corrected chi connectivity index (χ1v) is 11.4. The molecule has 0 saturated heterocycles. The Morgan fingerprint density at radius 1 is 1.08 bits per heavy atom. The smallest absolute Gasteiger partial charge is 0.338 e. The molecule has 0 radical (unpaired) electrons. The summed E-state index contributed by atoms with van der Waals surface area (Å²) in [5.74, 6) is -1.43. The Hall–Kier alpha value is -4.54. The van der Waals surface area contributed by atoms with Gasteiger partial charge in [-0.05, 0) is 55.8 Å². The van der Waals surface area contributed by atoms with E-state index < -0.39 is 11.9 Å². The van der Waals surface area contributed by atoms with Gasteiger partial charge in [0.25, 0.3) is 5.91 Å². The molecular formula is C26H26FN3O7. The van der Waals surface area contributed by atoms with Crippen LogP contribution in [-0.4, -0.2) is 55.4 Å². The molecule has 0 saturated carbocycles. The number of Topliss-reactive ketones (excluding diaryl/α,β-unsaturated/α-hetero) is 1. The lowest BCUT2D eigenvalue weighted by atomic mass is 10.1. The van der Waals surface area contributed by atoms with Gasteiger partial charge in [-0.2, -0.15) is 0 Å². The number of nitrogens with one attached hydrogen (secondary N) is 1. The Balaban J connectivity index is 1.85. The number of nitrogens with zero attached hydrogens (tertiary/aromatic N) is 2. The molecule has 0 bridgehead atoms. The van der Waals surface area contributed by atoms with Crippen LogP contribution in [0.5, 0.6) is 5.75 Å². The second-order valence-corrected chi connectivity index (χ2v) is 7.87. The van der Waals surface area contributed by atoms with Gasteiger partial charge in [0, 0.05) is 17.2 Å². The highest BCUT2D eigenvalue weighted by molar-refractivity contribution is 6.01. The maximum atomic E-state index is 13.3. The topological polar surface area (TPSA) is 129 Å². The molecule has 0 aliphatic carbocycles. The molecule has 37 heavy (non-hydrogen) atoms. The molecule has 1 N–H and O–H groups in total. The number of methoxy groups -OCH3 is 1. The van der Waals surface area contributed by atoms with Gasteiger partial charge in [-0.25, -0.2) is 9.18 Å². The van der Waals surface area contributed by atoms with Crippen LogP contribution in [0, 0.1) is 5.82 Å². The second-order valence-electron chi connectivity index (χ2n) is 7.87. The zero-order valence-corrected chi connectivity index (χ0v) is 20.6. The third-order valence-electron chi connectivity index (χ3n) is 4.87. The molecular weight excluding hydrogens is 485 g/mol. The van der Waals surface area contributed by atoms with Crippen LogP contribution in [0.4, 0.5) is 4.39 Å². The van der Waals surface area contributed by atoms with Crippen LogP contribution in [-0.2, 0) is 14.4 Å². The summed E-state index contributed by atoms with van der Waals surface area (Å²) in [6, 6.07) is 11.5. The molecule has 0 aliphatic rings. The van der Waals surface area contributed by atoms with Crippen molar-refractivity contribution in [3.63, 3.8) is 0 Å². The third kappa shape index (κ3) is 7.72. The Kier molecular flexibility index (Phi) is 9.48. The first-order valence-electron chi connectivity index (χ1n) is 11.4. The van der Waals surface area contributed by atoms with Gasteiger partial charge in [0.15, 0.2) is 11.5 Å². The fourth-order valence-corrected chi connectivity index (χ4v) is 3.03. The van der Waals surface area contributed by atoms with Crippen molar-refractivity contribution in [3.8, 4) is 17.0 Å². The first-order chi connectivity index (χ1) is 17.8. The number of carbonyl (C=O) groups excluding carboxylic acids is 3. The van der Waals surface area contributed by atoms with Crippen LogP contribution in [0.15, 0.2) is 58.2 Å². The van der Waals surface area contributed by atoms with Crippen molar-refractivity contribution >= 4 is 23.4 Å². The van der Waals surface area contributed by atoms with Crippen LogP contribution in [0.25, 0.3) is 11.3 Å². The van der Waals surface area contributed by atoms with Crippen molar-refractivity contribution in [2.75, 3.05) is 26.9 Å². The summed E-state index contributed by atoms with van der Waals surface area (Å²) in [4.78, 5) is 41.2. The molecule has 1 heterocycles. The van der Waals surface area contributed by atoms with E-state index in [1.54, 1.807) is 18.2 Å². The Morgan fingerprint density at radius 2 is 1.81 bits per heavy atom. The number of ketones is 1. The second kappa shape index (κ2) is 13.0. The SMILES string of the molecule is CCCON=C(COc1cc(C(=O)NCC(C)=O)cc(C(=O)OC)c1)c1cc(-c2ccc(F)cc2)no1. The minimum Gasteiger partial charge on any atom is -0.487 e. The molecule has 10 nitrogen and oxygen atoms in total. The van der Waals surface area contributed by atoms with Crippen LogP contribution < -0.4 is 10.1 Å². The average Bonchev–Trinajstić information content (AvgIpc) is 3.39. The van der Waals surface area contributed by atoms with Crippen LogP contribution >= 0.6 is 0 Å². The first kappa shape index (κ1) is 27.1.